The van der Waals surface area contributed by atoms with Gasteiger partial charge in [-0.1, -0.05) is 0 Å². The van der Waals surface area contributed by atoms with Gasteiger partial charge in [-0.3, -0.25) is 9.69 Å². The van der Waals surface area contributed by atoms with Crippen LogP contribution >= 0.6 is 15.9 Å². The summed E-state index contributed by atoms with van der Waals surface area (Å²) in [6, 6.07) is 8.55. The van der Waals surface area contributed by atoms with Crippen LogP contribution in [-0.2, 0) is 6.54 Å². The summed E-state index contributed by atoms with van der Waals surface area (Å²) in [7, 11) is 1.56. The third-order valence-corrected chi connectivity index (χ3v) is 5.15. The first-order valence-corrected chi connectivity index (χ1v) is 9.06. The number of methoxy groups -OCH3 is 1. The van der Waals surface area contributed by atoms with Crippen molar-refractivity contribution >= 4 is 21.8 Å². The maximum Gasteiger partial charge on any atom is 0.255 e. The van der Waals surface area contributed by atoms with E-state index in [4.69, 9.17) is 4.74 Å². The predicted molar refractivity (Wildman–Crippen MR) is 98.2 cm³/mol. The highest BCUT2D eigenvalue weighted by Crippen LogP contribution is 2.23. The molecule has 0 N–H and O–H groups in total. The largest absolute Gasteiger partial charge is 0.496 e. The molecule has 1 heterocycles. The first-order valence-electron chi connectivity index (χ1n) is 8.27. The van der Waals surface area contributed by atoms with Crippen LogP contribution in [0.2, 0.25) is 0 Å². The van der Waals surface area contributed by atoms with E-state index in [1.54, 1.807) is 18.1 Å². The highest BCUT2D eigenvalue weighted by atomic mass is 79.9. The Morgan fingerprint density at radius 3 is 2.42 bits per heavy atom. The summed E-state index contributed by atoms with van der Waals surface area (Å²) >= 11 is 3.30. The molecule has 1 saturated heterocycles. The fourth-order valence-electron chi connectivity index (χ4n) is 3.05. The number of amides is 1. The quantitative estimate of drug-likeness (QED) is 0.749. The van der Waals surface area contributed by atoms with E-state index < -0.39 is 5.82 Å². The van der Waals surface area contributed by atoms with Crippen molar-refractivity contribution in [2.24, 2.45) is 0 Å². The molecule has 2 aromatic carbocycles. The molecule has 0 aromatic heterocycles. The Kier molecular flexibility index (Phi) is 5.88. The lowest BCUT2D eigenvalue weighted by Gasteiger charge is -2.35. The zero-order chi connectivity index (χ0) is 18.7. The summed E-state index contributed by atoms with van der Waals surface area (Å²) in [5.41, 5.74) is 1.10. The van der Waals surface area contributed by atoms with E-state index in [0.717, 1.165) is 5.56 Å². The molecule has 138 valence electrons. The first-order chi connectivity index (χ1) is 12.5. The molecule has 1 aliphatic rings. The van der Waals surface area contributed by atoms with Gasteiger partial charge in [0.2, 0.25) is 0 Å². The Morgan fingerprint density at radius 1 is 1.08 bits per heavy atom. The summed E-state index contributed by atoms with van der Waals surface area (Å²) in [4.78, 5) is 16.5. The molecule has 0 bridgehead atoms. The number of halogens is 3. The van der Waals surface area contributed by atoms with Crippen molar-refractivity contribution in [3.05, 3.63) is 63.6 Å². The van der Waals surface area contributed by atoms with E-state index in [1.807, 2.05) is 0 Å². The summed E-state index contributed by atoms with van der Waals surface area (Å²) in [5, 5.41) is 0. The zero-order valence-corrected chi connectivity index (χ0v) is 15.9. The van der Waals surface area contributed by atoms with Crippen LogP contribution in [0.15, 0.2) is 40.9 Å². The lowest BCUT2D eigenvalue weighted by atomic mass is 10.1. The number of rotatable bonds is 4. The van der Waals surface area contributed by atoms with Crippen molar-refractivity contribution in [2.45, 2.75) is 6.54 Å². The van der Waals surface area contributed by atoms with Gasteiger partial charge in [0.05, 0.1) is 12.7 Å². The van der Waals surface area contributed by atoms with Crippen LogP contribution in [0.3, 0.4) is 0 Å². The minimum absolute atomic E-state index is 0.195. The average Bonchev–Trinajstić information content (AvgIpc) is 2.64. The minimum atomic E-state index is -0.437. The molecular formula is C19H19BrF2N2O2. The van der Waals surface area contributed by atoms with Gasteiger partial charge in [-0.2, -0.15) is 0 Å². The van der Waals surface area contributed by atoms with Crippen LogP contribution in [0.4, 0.5) is 8.78 Å². The highest BCUT2D eigenvalue weighted by molar-refractivity contribution is 9.10. The normalized spacial score (nSPS) is 15.2. The molecule has 0 atom stereocenters. The van der Waals surface area contributed by atoms with Crippen LogP contribution in [0.1, 0.15) is 15.9 Å². The number of nitrogens with zero attached hydrogens (tertiary/aromatic N) is 2. The Hall–Kier alpha value is -1.99. The van der Waals surface area contributed by atoms with Crippen molar-refractivity contribution in [3.63, 3.8) is 0 Å². The van der Waals surface area contributed by atoms with Gasteiger partial charge in [0, 0.05) is 42.8 Å². The molecule has 1 aliphatic heterocycles. The second-order valence-electron chi connectivity index (χ2n) is 6.15. The number of carbonyl (C=O) groups excluding carboxylic acids is 1. The highest BCUT2D eigenvalue weighted by Gasteiger charge is 2.24. The molecule has 4 nitrogen and oxygen atoms in total. The summed E-state index contributed by atoms with van der Waals surface area (Å²) in [6.07, 6.45) is 0. The van der Waals surface area contributed by atoms with Crippen LogP contribution < -0.4 is 4.74 Å². The SMILES string of the molecule is COc1ccc(F)cc1CN1CCN(C(=O)c2cc(F)ccc2Br)CC1. The standard InChI is InChI=1S/C19H19BrF2N2O2/c1-26-18-5-3-14(21)10-13(18)12-23-6-8-24(9-7-23)19(25)16-11-15(22)2-4-17(16)20/h2-5,10-11H,6-9,12H2,1H3. The number of carbonyl (C=O) groups is 1. The van der Waals surface area contributed by atoms with E-state index in [9.17, 15) is 13.6 Å². The number of hydrogen-bond donors (Lipinski definition) is 0. The van der Waals surface area contributed by atoms with Crippen LogP contribution in [0, 0.1) is 11.6 Å². The number of hydrogen-bond acceptors (Lipinski definition) is 3. The second kappa shape index (κ2) is 8.14. The monoisotopic (exact) mass is 424 g/mol. The fourth-order valence-corrected chi connectivity index (χ4v) is 3.47. The smallest absolute Gasteiger partial charge is 0.255 e. The Balaban J connectivity index is 1.63. The van der Waals surface area contributed by atoms with Crippen molar-refractivity contribution in [3.8, 4) is 5.75 Å². The molecule has 26 heavy (non-hydrogen) atoms. The fraction of sp³-hybridized carbons (Fsp3) is 0.316. The number of benzene rings is 2. The van der Waals surface area contributed by atoms with Crippen LogP contribution in [-0.4, -0.2) is 49.0 Å². The van der Waals surface area contributed by atoms with Gasteiger partial charge in [-0.05, 0) is 52.3 Å². The van der Waals surface area contributed by atoms with Gasteiger partial charge in [0.15, 0.2) is 0 Å². The van der Waals surface area contributed by atoms with Gasteiger partial charge in [0.25, 0.3) is 5.91 Å². The Labute approximate surface area is 159 Å². The maximum atomic E-state index is 13.5. The molecule has 0 unspecified atom stereocenters. The Morgan fingerprint density at radius 2 is 1.73 bits per heavy atom. The van der Waals surface area contributed by atoms with Crippen molar-refractivity contribution < 1.29 is 18.3 Å². The lowest BCUT2D eigenvalue weighted by molar-refractivity contribution is 0.0626. The first kappa shape index (κ1) is 18.8. The predicted octanol–water partition coefficient (Wildman–Crippen LogP) is 3.69. The topological polar surface area (TPSA) is 32.8 Å². The molecule has 7 heteroatoms. The average molecular weight is 425 g/mol. The van der Waals surface area contributed by atoms with Crippen LogP contribution in [0.5, 0.6) is 5.75 Å². The molecule has 0 aliphatic carbocycles. The number of piperazine rings is 1. The summed E-state index contributed by atoms with van der Waals surface area (Å²) in [5.74, 6) is -0.285. The van der Waals surface area contributed by atoms with E-state index in [-0.39, 0.29) is 11.7 Å². The molecular weight excluding hydrogens is 406 g/mol. The summed E-state index contributed by atoms with van der Waals surface area (Å²) < 4.78 is 32.8. The third kappa shape index (κ3) is 4.22. The van der Waals surface area contributed by atoms with E-state index in [0.29, 0.717) is 48.5 Å². The van der Waals surface area contributed by atoms with Gasteiger partial charge < -0.3 is 9.64 Å². The molecule has 2 aromatic rings. The van der Waals surface area contributed by atoms with E-state index in [1.165, 1.54) is 30.3 Å². The summed E-state index contributed by atoms with van der Waals surface area (Å²) in [6.45, 7) is 2.90. The Bertz CT molecular complexity index is 808. The maximum absolute atomic E-state index is 13.5. The van der Waals surface area contributed by atoms with Crippen molar-refractivity contribution in [1.82, 2.24) is 9.80 Å². The van der Waals surface area contributed by atoms with Crippen molar-refractivity contribution in [2.75, 3.05) is 33.3 Å². The molecule has 0 saturated carbocycles. The molecule has 0 spiro atoms. The van der Waals surface area contributed by atoms with Gasteiger partial charge >= 0.3 is 0 Å². The van der Waals surface area contributed by atoms with E-state index in [2.05, 4.69) is 20.8 Å². The van der Waals surface area contributed by atoms with E-state index >= 15 is 0 Å². The second-order valence-corrected chi connectivity index (χ2v) is 7.00. The molecule has 1 fully saturated rings. The van der Waals surface area contributed by atoms with Gasteiger partial charge in [0.1, 0.15) is 17.4 Å². The molecule has 1 amide bonds. The van der Waals surface area contributed by atoms with Gasteiger partial charge in [-0.15, -0.1) is 0 Å². The lowest BCUT2D eigenvalue weighted by Crippen LogP contribution is -2.48. The minimum Gasteiger partial charge on any atom is -0.496 e. The third-order valence-electron chi connectivity index (χ3n) is 4.45. The van der Waals surface area contributed by atoms with Crippen LogP contribution in [0.25, 0.3) is 0 Å². The molecule has 3 rings (SSSR count). The zero-order valence-electron chi connectivity index (χ0n) is 14.3. The van der Waals surface area contributed by atoms with Gasteiger partial charge in [-0.25, -0.2) is 8.78 Å². The number of ether oxygens (including phenoxy) is 1. The molecule has 0 radical (unpaired) electrons. The van der Waals surface area contributed by atoms with Crippen molar-refractivity contribution in [1.29, 1.82) is 0 Å².